The van der Waals surface area contributed by atoms with E-state index in [0.717, 1.165) is 11.3 Å². The molecular weight excluding hydrogens is 299 g/mol. The van der Waals surface area contributed by atoms with Crippen LogP contribution in [0, 0.1) is 0 Å². The van der Waals surface area contributed by atoms with E-state index in [1.54, 1.807) is 0 Å². The highest BCUT2D eigenvalue weighted by Gasteiger charge is 1.99. The molecule has 2 aromatic carbocycles. The van der Waals surface area contributed by atoms with Gasteiger partial charge in [0.1, 0.15) is 0 Å². The number of thiocarbonyl (C=S) groups is 1. The van der Waals surface area contributed by atoms with Crippen molar-refractivity contribution in [2.45, 2.75) is 6.54 Å². The monoisotopic (exact) mass is 310 g/mol. The van der Waals surface area contributed by atoms with E-state index in [1.807, 2.05) is 48.5 Å². The average Bonchev–Trinajstić information content (AvgIpc) is 2.36. The van der Waals surface area contributed by atoms with Gasteiger partial charge in [0.2, 0.25) is 0 Å². The molecule has 0 aliphatic rings. The van der Waals surface area contributed by atoms with E-state index in [4.69, 9.17) is 35.4 Å². The molecule has 0 saturated heterocycles. The van der Waals surface area contributed by atoms with Crippen LogP contribution < -0.4 is 10.6 Å². The number of anilines is 1. The smallest absolute Gasteiger partial charge is 0.171 e. The summed E-state index contributed by atoms with van der Waals surface area (Å²) in [5, 5.41) is 8.11. The van der Waals surface area contributed by atoms with Crippen LogP contribution in [0.15, 0.2) is 48.5 Å². The Morgan fingerprint density at radius 2 is 1.68 bits per heavy atom. The van der Waals surface area contributed by atoms with Crippen LogP contribution >= 0.6 is 35.4 Å². The summed E-state index contributed by atoms with van der Waals surface area (Å²) in [5.74, 6) is 0. The van der Waals surface area contributed by atoms with Crippen molar-refractivity contribution >= 4 is 46.2 Å². The van der Waals surface area contributed by atoms with Gasteiger partial charge in [0.25, 0.3) is 0 Å². The molecule has 0 bridgehead atoms. The van der Waals surface area contributed by atoms with E-state index in [0.29, 0.717) is 21.7 Å². The Morgan fingerprint density at radius 1 is 1.00 bits per heavy atom. The minimum Gasteiger partial charge on any atom is -0.358 e. The fourth-order valence-corrected chi connectivity index (χ4v) is 2.16. The van der Waals surface area contributed by atoms with Crippen LogP contribution in [0.1, 0.15) is 5.56 Å². The Morgan fingerprint density at radius 3 is 2.37 bits per heavy atom. The van der Waals surface area contributed by atoms with Crippen molar-refractivity contribution in [1.82, 2.24) is 5.32 Å². The van der Waals surface area contributed by atoms with Gasteiger partial charge in [0.15, 0.2) is 5.11 Å². The lowest BCUT2D eigenvalue weighted by molar-refractivity contribution is 0.926. The number of nitrogens with one attached hydrogen (secondary N) is 2. The maximum Gasteiger partial charge on any atom is 0.171 e. The molecule has 0 aromatic heterocycles. The van der Waals surface area contributed by atoms with E-state index in [2.05, 4.69) is 10.6 Å². The fourth-order valence-electron chi connectivity index (χ4n) is 1.57. The van der Waals surface area contributed by atoms with Crippen LogP contribution in [0.3, 0.4) is 0 Å². The molecule has 2 aromatic rings. The zero-order valence-electron chi connectivity index (χ0n) is 9.99. The Labute approximate surface area is 127 Å². The maximum atomic E-state index is 5.92. The molecule has 0 radical (unpaired) electrons. The normalized spacial score (nSPS) is 10.0. The fraction of sp³-hybridized carbons (Fsp3) is 0.0714. The van der Waals surface area contributed by atoms with Gasteiger partial charge in [-0.3, -0.25) is 0 Å². The van der Waals surface area contributed by atoms with Crippen LogP contribution in [-0.4, -0.2) is 5.11 Å². The molecule has 2 nitrogen and oxygen atoms in total. The lowest BCUT2D eigenvalue weighted by Gasteiger charge is -2.11. The summed E-state index contributed by atoms with van der Waals surface area (Å²) < 4.78 is 0. The van der Waals surface area contributed by atoms with Crippen molar-refractivity contribution in [2.24, 2.45) is 0 Å². The second kappa shape index (κ2) is 6.75. The van der Waals surface area contributed by atoms with Gasteiger partial charge in [-0.1, -0.05) is 41.4 Å². The molecule has 19 heavy (non-hydrogen) atoms. The number of benzene rings is 2. The molecule has 0 fully saturated rings. The highest BCUT2D eigenvalue weighted by molar-refractivity contribution is 7.80. The van der Waals surface area contributed by atoms with Gasteiger partial charge in [-0.2, -0.15) is 0 Å². The van der Waals surface area contributed by atoms with E-state index < -0.39 is 0 Å². The lowest BCUT2D eigenvalue weighted by Crippen LogP contribution is -2.27. The van der Waals surface area contributed by atoms with Gasteiger partial charge in [-0.15, -0.1) is 0 Å². The van der Waals surface area contributed by atoms with E-state index in [-0.39, 0.29) is 0 Å². The molecule has 0 aliphatic heterocycles. The molecule has 98 valence electrons. The third-order valence-corrected chi connectivity index (χ3v) is 3.14. The van der Waals surface area contributed by atoms with E-state index in [1.165, 1.54) is 0 Å². The van der Waals surface area contributed by atoms with Crippen molar-refractivity contribution in [3.63, 3.8) is 0 Å². The van der Waals surface area contributed by atoms with Gasteiger partial charge >= 0.3 is 0 Å². The maximum absolute atomic E-state index is 5.92. The van der Waals surface area contributed by atoms with Crippen LogP contribution in [0.5, 0.6) is 0 Å². The largest absolute Gasteiger partial charge is 0.358 e. The summed E-state index contributed by atoms with van der Waals surface area (Å²) in [6.07, 6.45) is 0. The quantitative estimate of drug-likeness (QED) is 0.817. The molecule has 0 aliphatic carbocycles. The summed E-state index contributed by atoms with van der Waals surface area (Å²) >= 11 is 17.0. The summed E-state index contributed by atoms with van der Waals surface area (Å²) in [5.41, 5.74) is 1.93. The van der Waals surface area contributed by atoms with Crippen LogP contribution in [0.4, 0.5) is 5.69 Å². The predicted molar refractivity (Wildman–Crippen MR) is 86.0 cm³/mol. The van der Waals surface area contributed by atoms with Gasteiger partial charge in [-0.05, 0) is 48.1 Å². The molecule has 5 heteroatoms. The van der Waals surface area contributed by atoms with Crippen LogP contribution in [0.25, 0.3) is 0 Å². The second-order valence-electron chi connectivity index (χ2n) is 3.95. The second-order valence-corrected chi connectivity index (χ2v) is 5.23. The molecule has 0 amide bonds. The number of rotatable bonds is 3. The Bertz CT molecular complexity index is 587. The first kappa shape index (κ1) is 14.1. The molecule has 2 rings (SSSR count). The summed E-state index contributed by atoms with van der Waals surface area (Å²) in [4.78, 5) is 0. The number of hydrogen-bond acceptors (Lipinski definition) is 1. The van der Waals surface area contributed by atoms with E-state index >= 15 is 0 Å². The van der Waals surface area contributed by atoms with Crippen LogP contribution in [0.2, 0.25) is 10.0 Å². The third kappa shape index (κ3) is 4.71. The highest BCUT2D eigenvalue weighted by atomic mass is 35.5. The molecule has 0 saturated carbocycles. The standard InChI is InChI=1S/C14H12Cl2N2S/c15-11-4-1-3-10(7-11)9-17-14(19)18-13-6-2-5-12(16)8-13/h1-8H,9H2,(H2,17,18,19). The highest BCUT2D eigenvalue weighted by Crippen LogP contribution is 2.15. The van der Waals surface area contributed by atoms with Crippen molar-refractivity contribution in [3.05, 3.63) is 64.1 Å². The van der Waals surface area contributed by atoms with Gasteiger partial charge in [0, 0.05) is 22.3 Å². The Kier molecular flexibility index (Phi) is 5.02. The van der Waals surface area contributed by atoms with Crippen molar-refractivity contribution in [3.8, 4) is 0 Å². The van der Waals surface area contributed by atoms with Crippen LogP contribution in [-0.2, 0) is 6.54 Å². The predicted octanol–water partition coefficient (Wildman–Crippen LogP) is 4.48. The molecular formula is C14H12Cl2N2S. The minimum atomic E-state index is 0.544. The van der Waals surface area contributed by atoms with Crippen molar-refractivity contribution in [2.75, 3.05) is 5.32 Å². The first-order chi connectivity index (χ1) is 9.13. The third-order valence-electron chi connectivity index (χ3n) is 2.42. The van der Waals surface area contributed by atoms with Crippen molar-refractivity contribution in [1.29, 1.82) is 0 Å². The molecule has 0 atom stereocenters. The molecule has 0 spiro atoms. The zero-order valence-corrected chi connectivity index (χ0v) is 12.3. The summed E-state index contributed by atoms with van der Waals surface area (Å²) in [7, 11) is 0. The minimum absolute atomic E-state index is 0.544. The molecule has 2 N–H and O–H groups in total. The topological polar surface area (TPSA) is 24.1 Å². The van der Waals surface area contributed by atoms with Gasteiger partial charge in [-0.25, -0.2) is 0 Å². The first-order valence-electron chi connectivity index (χ1n) is 5.68. The SMILES string of the molecule is S=C(NCc1cccc(Cl)c1)Nc1cccc(Cl)c1. The summed E-state index contributed by atoms with van der Waals surface area (Å²) in [6, 6.07) is 15.0. The molecule has 0 unspecified atom stereocenters. The van der Waals surface area contributed by atoms with Gasteiger partial charge in [0.05, 0.1) is 0 Å². The van der Waals surface area contributed by atoms with E-state index in [9.17, 15) is 0 Å². The lowest BCUT2D eigenvalue weighted by atomic mass is 10.2. The Balaban J connectivity index is 1.88. The first-order valence-corrected chi connectivity index (χ1v) is 6.85. The van der Waals surface area contributed by atoms with Crippen molar-refractivity contribution < 1.29 is 0 Å². The number of halogens is 2. The zero-order chi connectivity index (χ0) is 13.7. The number of hydrogen-bond donors (Lipinski definition) is 2. The Hall–Kier alpha value is -1.29. The summed E-state index contributed by atoms with van der Waals surface area (Å²) in [6.45, 7) is 0.618. The average molecular weight is 311 g/mol. The molecule has 0 heterocycles. The van der Waals surface area contributed by atoms with Gasteiger partial charge < -0.3 is 10.6 Å².